The molecule has 9 rings (SSSR count). The van der Waals surface area contributed by atoms with Crippen LogP contribution >= 0.6 is 0 Å². The minimum atomic E-state index is -4.43. The van der Waals surface area contributed by atoms with Gasteiger partial charge in [-0.3, -0.25) is 0 Å². The van der Waals surface area contributed by atoms with E-state index in [1.54, 1.807) is 6.07 Å². The lowest BCUT2D eigenvalue weighted by Gasteiger charge is -2.16. The maximum absolute atomic E-state index is 13.9. The Bertz CT molecular complexity index is 2840. The fourth-order valence-electron chi connectivity index (χ4n) is 7.60. The second kappa shape index (κ2) is 14.2. The molecule has 0 fully saturated rings. The molecule has 4 nitrogen and oxygen atoms in total. The van der Waals surface area contributed by atoms with Gasteiger partial charge in [-0.2, -0.15) is 13.2 Å². The van der Waals surface area contributed by atoms with Crippen LogP contribution < -0.4 is 0 Å². The molecule has 0 bridgehead atoms. The summed E-state index contributed by atoms with van der Waals surface area (Å²) in [4.78, 5) is 0. The van der Waals surface area contributed by atoms with E-state index in [1.807, 2.05) is 66.7 Å². The highest BCUT2D eigenvalue weighted by atomic mass is 19.4. The Labute approximate surface area is 322 Å². The van der Waals surface area contributed by atoms with Crippen LogP contribution in [0, 0.1) is 0 Å². The summed E-state index contributed by atoms with van der Waals surface area (Å²) in [6, 6.07) is 53.1. The number of alkyl halides is 3. The van der Waals surface area contributed by atoms with Crippen LogP contribution in [0.4, 0.5) is 13.2 Å². The predicted octanol–water partition coefficient (Wildman–Crippen LogP) is 14.0. The maximum Gasteiger partial charge on any atom is 0.416 e. The van der Waals surface area contributed by atoms with Gasteiger partial charge in [0, 0.05) is 27.6 Å². The Hall–Kier alpha value is -6.73. The zero-order valence-electron chi connectivity index (χ0n) is 30.8. The van der Waals surface area contributed by atoms with E-state index in [-0.39, 0.29) is 5.92 Å². The number of nitrogens with zero attached hydrogens (tertiary/aromatic N) is 3. The van der Waals surface area contributed by atoms with E-state index < -0.39 is 11.7 Å². The third kappa shape index (κ3) is 6.35. The second-order valence-corrected chi connectivity index (χ2v) is 14.1. The molecular formula is C49H36F3N3O. The smallest absolute Gasteiger partial charge is 0.416 e. The summed E-state index contributed by atoms with van der Waals surface area (Å²) in [5, 5.41) is 9.95. The van der Waals surface area contributed by atoms with Gasteiger partial charge in [-0.15, -0.1) is 10.2 Å². The van der Waals surface area contributed by atoms with Crippen LogP contribution in [-0.2, 0) is 6.18 Å². The molecule has 0 saturated carbocycles. The average molecular weight is 740 g/mol. The summed E-state index contributed by atoms with van der Waals surface area (Å²) < 4.78 is 49.8. The summed E-state index contributed by atoms with van der Waals surface area (Å²) in [5.41, 5.74) is 11.0. The van der Waals surface area contributed by atoms with Crippen molar-refractivity contribution < 1.29 is 17.6 Å². The molecule has 0 aliphatic rings. The van der Waals surface area contributed by atoms with Gasteiger partial charge in [0.25, 0.3) is 0 Å². The first kappa shape index (κ1) is 35.0. The van der Waals surface area contributed by atoms with E-state index in [4.69, 9.17) is 4.42 Å². The normalized spacial score (nSPS) is 12.4. The van der Waals surface area contributed by atoms with E-state index in [0.29, 0.717) is 17.2 Å². The topological polar surface area (TPSA) is 43.9 Å². The molecule has 1 unspecified atom stereocenters. The van der Waals surface area contributed by atoms with Crippen LogP contribution in [0.3, 0.4) is 0 Å². The third-order valence-corrected chi connectivity index (χ3v) is 10.8. The zero-order chi connectivity index (χ0) is 38.4. The fourth-order valence-corrected chi connectivity index (χ4v) is 7.60. The number of rotatable bonds is 8. The van der Waals surface area contributed by atoms with Crippen molar-refractivity contribution in [2.24, 2.45) is 0 Å². The molecule has 0 aliphatic carbocycles. The number of hydrogen-bond acceptors (Lipinski definition) is 3. The molecule has 0 amide bonds. The van der Waals surface area contributed by atoms with Gasteiger partial charge in [-0.05, 0) is 118 Å². The highest BCUT2D eigenvalue weighted by molar-refractivity contribution is 6.10. The molecule has 7 heteroatoms. The minimum absolute atomic E-state index is 0.290. The molecule has 2 heterocycles. The standard InChI is InChI=1S/C49H36F3N3O/c1-3-31(2)36-23-27-45-43(29-36)44-30-37(49(50,51)52)24-28-46(44)55(45)38-25-21-33(22-26-38)40-14-8-10-16-42(40)41-15-9-7-13-39(41)32-17-19-35(20-18-32)48-54-53-47(56-48)34-11-5-4-6-12-34/h4-31H,3H2,1-2H3. The highest BCUT2D eigenvalue weighted by Crippen LogP contribution is 2.41. The van der Waals surface area contributed by atoms with Gasteiger partial charge in [0.15, 0.2) is 0 Å². The number of benzene rings is 7. The average Bonchev–Trinajstić information content (AvgIpc) is 3.87. The lowest BCUT2D eigenvalue weighted by atomic mass is 9.89. The van der Waals surface area contributed by atoms with E-state index in [9.17, 15) is 13.2 Å². The van der Waals surface area contributed by atoms with Gasteiger partial charge in [0.05, 0.1) is 16.6 Å². The van der Waals surface area contributed by atoms with Crippen LogP contribution in [0.1, 0.15) is 37.3 Å². The second-order valence-electron chi connectivity index (χ2n) is 14.1. The van der Waals surface area contributed by atoms with Crippen molar-refractivity contribution in [3.05, 3.63) is 175 Å². The first-order chi connectivity index (χ1) is 27.3. The SMILES string of the molecule is CCC(C)c1ccc2c(c1)c1cc(C(F)(F)F)ccc1n2-c1ccc(-c2ccccc2-c2ccccc2-c2ccc(-c3nnc(-c4ccccc4)o3)cc2)cc1. The van der Waals surface area contributed by atoms with Gasteiger partial charge in [-0.25, -0.2) is 0 Å². The molecule has 9 aromatic rings. The monoisotopic (exact) mass is 739 g/mol. The fraction of sp³-hybridized carbons (Fsp3) is 0.102. The van der Waals surface area contributed by atoms with E-state index >= 15 is 0 Å². The molecule has 1 atom stereocenters. The van der Waals surface area contributed by atoms with Crippen LogP contribution in [0.15, 0.2) is 168 Å². The van der Waals surface area contributed by atoms with E-state index in [0.717, 1.165) is 78.6 Å². The molecule has 0 aliphatic heterocycles. The lowest BCUT2D eigenvalue weighted by molar-refractivity contribution is -0.137. The largest absolute Gasteiger partial charge is 0.416 e. The molecule has 0 spiro atoms. The molecule has 0 saturated heterocycles. The Morgan fingerprint density at radius 2 is 1.02 bits per heavy atom. The first-order valence-electron chi connectivity index (χ1n) is 18.7. The molecule has 7 aromatic carbocycles. The summed E-state index contributed by atoms with van der Waals surface area (Å²) in [7, 11) is 0. The highest BCUT2D eigenvalue weighted by Gasteiger charge is 2.31. The van der Waals surface area contributed by atoms with Crippen LogP contribution in [0.25, 0.3) is 83.8 Å². The Balaban J connectivity index is 1.07. The minimum Gasteiger partial charge on any atom is -0.416 e. The number of halogens is 3. The Kier molecular flexibility index (Phi) is 8.85. The van der Waals surface area contributed by atoms with Gasteiger partial charge in [-0.1, -0.05) is 111 Å². The molecule has 0 radical (unpaired) electrons. The van der Waals surface area contributed by atoms with Gasteiger partial charge in [0.2, 0.25) is 11.8 Å². The lowest BCUT2D eigenvalue weighted by Crippen LogP contribution is -2.04. The first-order valence-corrected chi connectivity index (χ1v) is 18.7. The molecule has 56 heavy (non-hydrogen) atoms. The Morgan fingerprint density at radius 1 is 0.536 bits per heavy atom. The quantitative estimate of drug-likeness (QED) is 0.156. The van der Waals surface area contributed by atoms with Gasteiger partial charge in [0.1, 0.15) is 0 Å². The number of aromatic nitrogens is 3. The van der Waals surface area contributed by atoms with Crippen molar-refractivity contribution in [3.8, 4) is 62.0 Å². The summed E-state index contributed by atoms with van der Waals surface area (Å²) >= 11 is 0. The molecule has 2 aromatic heterocycles. The molecular weight excluding hydrogens is 704 g/mol. The van der Waals surface area contributed by atoms with E-state index in [1.165, 1.54) is 12.1 Å². The third-order valence-electron chi connectivity index (χ3n) is 10.8. The Morgan fingerprint density at radius 3 is 1.59 bits per heavy atom. The van der Waals surface area contributed by atoms with Crippen LogP contribution in [0.5, 0.6) is 0 Å². The number of fused-ring (bicyclic) bond motifs is 3. The van der Waals surface area contributed by atoms with Crippen LogP contribution in [-0.4, -0.2) is 14.8 Å². The van der Waals surface area contributed by atoms with Crippen molar-refractivity contribution in [3.63, 3.8) is 0 Å². The summed E-state index contributed by atoms with van der Waals surface area (Å²) in [6.45, 7) is 4.27. The van der Waals surface area contributed by atoms with Crippen molar-refractivity contribution in [2.75, 3.05) is 0 Å². The number of hydrogen-bond donors (Lipinski definition) is 0. The van der Waals surface area contributed by atoms with Crippen molar-refractivity contribution >= 4 is 21.8 Å². The molecule has 0 N–H and O–H groups in total. The van der Waals surface area contributed by atoms with Crippen LogP contribution in [0.2, 0.25) is 0 Å². The van der Waals surface area contributed by atoms with Crippen molar-refractivity contribution in [2.45, 2.75) is 32.4 Å². The van der Waals surface area contributed by atoms with Crippen molar-refractivity contribution in [1.82, 2.24) is 14.8 Å². The maximum atomic E-state index is 13.9. The van der Waals surface area contributed by atoms with E-state index in [2.05, 4.69) is 107 Å². The summed E-state index contributed by atoms with van der Waals surface area (Å²) in [6.07, 6.45) is -3.49. The molecule has 274 valence electrons. The predicted molar refractivity (Wildman–Crippen MR) is 220 cm³/mol. The van der Waals surface area contributed by atoms with Crippen molar-refractivity contribution in [1.29, 1.82) is 0 Å². The summed E-state index contributed by atoms with van der Waals surface area (Å²) in [5.74, 6) is 1.22. The van der Waals surface area contributed by atoms with Gasteiger partial charge < -0.3 is 8.98 Å². The van der Waals surface area contributed by atoms with Gasteiger partial charge >= 0.3 is 6.18 Å². The zero-order valence-corrected chi connectivity index (χ0v) is 30.8.